The number of rotatable bonds is 1. The summed E-state index contributed by atoms with van der Waals surface area (Å²) in [5, 5.41) is 0. The van der Waals surface area contributed by atoms with Gasteiger partial charge in [-0.15, -0.1) is 0 Å². The molecular formula is C11H8F6O. The first kappa shape index (κ1) is 14.5. The van der Waals surface area contributed by atoms with E-state index in [4.69, 9.17) is 0 Å². The number of carbonyl (C=O) groups excluding carboxylic acids is 1. The minimum absolute atomic E-state index is 0.234. The zero-order valence-electron chi connectivity index (χ0n) is 9.33. The second-order valence-electron chi connectivity index (χ2n) is 3.77. The van der Waals surface area contributed by atoms with Crippen molar-refractivity contribution in [3.8, 4) is 0 Å². The van der Waals surface area contributed by atoms with E-state index < -0.39 is 40.4 Å². The number of carbonyl (C=O) groups is 1. The summed E-state index contributed by atoms with van der Waals surface area (Å²) >= 11 is 0. The first-order chi connectivity index (χ1) is 7.94. The number of hydrogen-bond donors (Lipinski definition) is 0. The summed E-state index contributed by atoms with van der Waals surface area (Å²) < 4.78 is 75.5. The smallest absolute Gasteiger partial charge is 0.295 e. The zero-order chi connectivity index (χ0) is 14.3. The van der Waals surface area contributed by atoms with Gasteiger partial charge < -0.3 is 0 Å². The summed E-state index contributed by atoms with van der Waals surface area (Å²) in [5.41, 5.74) is -4.60. The van der Waals surface area contributed by atoms with Crippen LogP contribution in [0.1, 0.15) is 34.0 Å². The number of benzene rings is 1. The van der Waals surface area contributed by atoms with Gasteiger partial charge >= 0.3 is 12.4 Å². The van der Waals surface area contributed by atoms with Gasteiger partial charge in [-0.1, -0.05) is 0 Å². The predicted octanol–water partition coefficient (Wildman–Crippen LogP) is 4.24. The van der Waals surface area contributed by atoms with Crippen LogP contribution in [-0.4, -0.2) is 5.78 Å². The van der Waals surface area contributed by atoms with E-state index in [1.54, 1.807) is 0 Å². The SMILES string of the molecule is CC(=O)c1cc(C)c(C(F)(F)F)c(C(F)(F)F)c1. The van der Waals surface area contributed by atoms with Crippen LogP contribution in [0.2, 0.25) is 0 Å². The monoisotopic (exact) mass is 270 g/mol. The van der Waals surface area contributed by atoms with Crippen LogP contribution >= 0.6 is 0 Å². The molecule has 18 heavy (non-hydrogen) atoms. The average molecular weight is 270 g/mol. The van der Waals surface area contributed by atoms with Crippen LogP contribution in [0.25, 0.3) is 0 Å². The summed E-state index contributed by atoms with van der Waals surface area (Å²) in [6, 6.07) is 1.04. The molecule has 0 fully saturated rings. The Bertz CT molecular complexity index is 484. The molecule has 0 aliphatic rings. The maximum atomic E-state index is 12.6. The zero-order valence-corrected chi connectivity index (χ0v) is 9.33. The topological polar surface area (TPSA) is 17.1 Å². The van der Waals surface area contributed by atoms with E-state index in [2.05, 4.69) is 0 Å². The molecule has 0 radical (unpaired) electrons. The van der Waals surface area contributed by atoms with Crippen molar-refractivity contribution in [2.24, 2.45) is 0 Å². The molecule has 0 N–H and O–H groups in total. The third-order valence-electron chi connectivity index (χ3n) is 2.33. The number of aryl methyl sites for hydroxylation is 1. The van der Waals surface area contributed by atoms with Crippen LogP contribution in [0.3, 0.4) is 0 Å². The summed E-state index contributed by atoms with van der Waals surface area (Å²) in [4.78, 5) is 11.0. The average Bonchev–Trinajstić information content (AvgIpc) is 2.12. The molecule has 0 aliphatic heterocycles. The van der Waals surface area contributed by atoms with Crippen LogP contribution in [0.15, 0.2) is 12.1 Å². The molecule has 7 heteroatoms. The normalized spacial score (nSPS) is 12.7. The molecule has 0 aliphatic carbocycles. The fourth-order valence-electron chi connectivity index (χ4n) is 1.59. The second kappa shape index (κ2) is 4.29. The Kier molecular flexibility index (Phi) is 3.47. The van der Waals surface area contributed by atoms with Gasteiger partial charge in [-0.2, -0.15) is 26.3 Å². The van der Waals surface area contributed by atoms with Crippen LogP contribution in [0, 0.1) is 6.92 Å². The number of alkyl halides is 6. The highest BCUT2D eigenvalue weighted by Crippen LogP contribution is 2.42. The van der Waals surface area contributed by atoms with E-state index in [0.29, 0.717) is 0 Å². The highest BCUT2D eigenvalue weighted by atomic mass is 19.4. The first-order valence-electron chi connectivity index (χ1n) is 4.74. The summed E-state index contributed by atoms with van der Waals surface area (Å²) in [5.74, 6) is -0.725. The fraction of sp³-hybridized carbons (Fsp3) is 0.364. The Morgan fingerprint density at radius 1 is 1.00 bits per heavy atom. The van der Waals surface area contributed by atoms with Crippen molar-refractivity contribution in [1.82, 2.24) is 0 Å². The third kappa shape index (κ3) is 2.83. The van der Waals surface area contributed by atoms with E-state index in [-0.39, 0.29) is 6.07 Å². The predicted molar refractivity (Wildman–Crippen MR) is 51.2 cm³/mol. The van der Waals surface area contributed by atoms with Gasteiger partial charge in [0.25, 0.3) is 0 Å². The summed E-state index contributed by atoms with van der Waals surface area (Å²) in [7, 11) is 0. The van der Waals surface area contributed by atoms with E-state index in [0.717, 1.165) is 19.9 Å². The van der Waals surface area contributed by atoms with Crippen molar-refractivity contribution in [1.29, 1.82) is 0 Å². The van der Waals surface area contributed by atoms with Gasteiger partial charge in [0.05, 0.1) is 11.1 Å². The largest absolute Gasteiger partial charge is 0.417 e. The van der Waals surface area contributed by atoms with Crippen molar-refractivity contribution in [3.63, 3.8) is 0 Å². The van der Waals surface area contributed by atoms with Crippen molar-refractivity contribution < 1.29 is 31.1 Å². The van der Waals surface area contributed by atoms with E-state index in [1.807, 2.05) is 0 Å². The Labute approximate surface area is 98.4 Å². The molecule has 0 spiro atoms. The molecule has 0 aromatic heterocycles. The molecule has 0 saturated carbocycles. The van der Waals surface area contributed by atoms with Crippen LogP contribution < -0.4 is 0 Å². The van der Waals surface area contributed by atoms with Gasteiger partial charge in [-0.25, -0.2) is 0 Å². The lowest BCUT2D eigenvalue weighted by molar-refractivity contribution is -0.162. The van der Waals surface area contributed by atoms with Gasteiger partial charge in [-0.3, -0.25) is 4.79 Å². The Morgan fingerprint density at radius 2 is 1.50 bits per heavy atom. The van der Waals surface area contributed by atoms with Gasteiger partial charge in [-0.05, 0) is 31.5 Å². The number of hydrogen-bond acceptors (Lipinski definition) is 1. The number of halogens is 6. The van der Waals surface area contributed by atoms with Crippen LogP contribution in [0.4, 0.5) is 26.3 Å². The van der Waals surface area contributed by atoms with Gasteiger partial charge in [0.2, 0.25) is 0 Å². The summed E-state index contributed by atoms with van der Waals surface area (Å²) in [6.07, 6.45) is -10.3. The third-order valence-corrected chi connectivity index (χ3v) is 2.33. The molecule has 1 aromatic carbocycles. The lowest BCUT2D eigenvalue weighted by atomic mass is 9.96. The molecule has 0 amide bonds. The van der Waals surface area contributed by atoms with Crippen molar-refractivity contribution in [2.75, 3.05) is 0 Å². The Balaban J connectivity index is 3.67. The lowest BCUT2D eigenvalue weighted by Crippen LogP contribution is -2.19. The molecule has 0 atom stereocenters. The maximum Gasteiger partial charge on any atom is 0.417 e. The molecule has 0 bridgehead atoms. The molecular weight excluding hydrogens is 262 g/mol. The van der Waals surface area contributed by atoms with E-state index in [1.165, 1.54) is 0 Å². The highest BCUT2D eigenvalue weighted by Gasteiger charge is 2.44. The first-order valence-corrected chi connectivity index (χ1v) is 4.74. The van der Waals surface area contributed by atoms with Gasteiger partial charge in [0.15, 0.2) is 5.78 Å². The van der Waals surface area contributed by atoms with Crippen molar-refractivity contribution >= 4 is 5.78 Å². The van der Waals surface area contributed by atoms with Crippen molar-refractivity contribution in [2.45, 2.75) is 26.2 Å². The van der Waals surface area contributed by atoms with E-state index >= 15 is 0 Å². The van der Waals surface area contributed by atoms with Crippen LogP contribution in [-0.2, 0) is 12.4 Å². The van der Waals surface area contributed by atoms with Crippen LogP contribution in [0.5, 0.6) is 0 Å². The molecule has 1 rings (SSSR count). The molecule has 0 heterocycles. The van der Waals surface area contributed by atoms with Gasteiger partial charge in [0, 0.05) is 5.56 Å². The molecule has 0 unspecified atom stereocenters. The van der Waals surface area contributed by atoms with Crippen molar-refractivity contribution in [3.05, 3.63) is 34.4 Å². The number of ketones is 1. The molecule has 100 valence electrons. The molecule has 1 aromatic rings. The lowest BCUT2D eigenvalue weighted by Gasteiger charge is -2.18. The fourth-order valence-corrected chi connectivity index (χ4v) is 1.59. The summed E-state index contributed by atoms with van der Waals surface area (Å²) in [6.45, 7) is 1.88. The van der Waals surface area contributed by atoms with Gasteiger partial charge in [0.1, 0.15) is 0 Å². The Hall–Kier alpha value is -1.53. The molecule has 0 saturated heterocycles. The molecule has 1 nitrogen and oxygen atoms in total. The standard InChI is InChI=1S/C11H8F6O/c1-5-3-7(6(2)18)4-8(10(12,13)14)9(5)11(15,16)17/h3-4H,1-2H3. The Morgan fingerprint density at radius 3 is 1.83 bits per heavy atom. The van der Waals surface area contributed by atoms with E-state index in [9.17, 15) is 31.1 Å². The maximum absolute atomic E-state index is 12.6. The highest BCUT2D eigenvalue weighted by molar-refractivity contribution is 5.94. The quantitative estimate of drug-likeness (QED) is 0.551. The second-order valence-corrected chi connectivity index (χ2v) is 3.77. The number of Topliss-reactive ketones (excluding diaryl/α,β-unsaturated/α-hetero) is 1. The minimum Gasteiger partial charge on any atom is -0.295 e. The minimum atomic E-state index is -5.17.